The predicted octanol–water partition coefficient (Wildman–Crippen LogP) is 3.53. The van der Waals surface area contributed by atoms with Crippen LogP contribution in [-0.4, -0.2) is 33.8 Å². The number of anilines is 3. The maximum atomic E-state index is 13.1. The average Bonchev–Trinajstić information content (AvgIpc) is 3.36. The highest BCUT2D eigenvalue weighted by molar-refractivity contribution is 7.13. The second-order valence-electron chi connectivity index (χ2n) is 6.68. The van der Waals surface area contributed by atoms with Gasteiger partial charge < -0.3 is 16.0 Å². The zero-order chi connectivity index (χ0) is 18.7. The lowest BCUT2D eigenvalue weighted by atomic mass is 9.87. The topological polar surface area (TPSA) is 83.9 Å². The fourth-order valence-electron chi connectivity index (χ4n) is 3.34. The molecule has 0 spiro atoms. The van der Waals surface area contributed by atoms with E-state index in [9.17, 15) is 4.79 Å². The molecule has 1 aliphatic rings. The zero-order valence-corrected chi connectivity index (χ0v) is 17.1. The van der Waals surface area contributed by atoms with Crippen LogP contribution in [0.25, 0.3) is 0 Å². The van der Waals surface area contributed by atoms with E-state index in [2.05, 4.69) is 26.0 Å². The number of halogens is 1. The molecule has 3 heterocycles. The van der Waals surface area contributed by atoms with Crippen molar-refractivity contribution in [2.45, 2.75) is 25.3 Å². The number of hydrogen-bond donors (Lipinski definition) is 3. The maximum Gasteiger partial charge on any atom is 0.252 e. The SMILES string of the molecule is Cc1csc(Nc2ccc(NC(=O)C3(n4cccn4)CCNCC3)cc2)n1.Cl. The number of benzene rings is 1. The van der Waals surface area contributed by atoms with Gasteiger partial charge in [-0.1, -0.05) is 0 Å². The third kappa shape index (κ3) is 4.19. The summed E-state index contributed by atoms with van der Waals surface area (Å²) >= 11 is 1.57. The molecular formula is C19H23ClN6OS. The van der Waals surface area contributed by atoms with Gasteiger partial charge in [-0.2, -0.15) is 5.10 Å². The summed E-state index contributed by atoms with van der Waals surface area (Å²) in [5.41, 5.74) is 2.05. The van der Waals surface area contributed by atoms with Crippen molar-refractivity contribution in [2.24, 2.45) is 0 Å². The Morgan fingerprint density at radius 3 is 2.54 bits per heavy atom. The van der Waals surface area contributed by atoms with Crippen molar-refractivity contribution < 1.29 is 4.79 Å². The first-order valence-electron chi connectivity index (χ1n) is 8.97. The van der Waals surface area contributed by atoms with E-state index in [1.807, 2.05) is 48.8 Å². The number of nitrogens with zero attached hydrogens (tertiary/aromatic N) is 3. The van der Waals surface area contributed by atoms with Crippen LogP contribution in [0.4, 0.5) is 16.5 Å². The van der Waals surface area contributed by atoms with Gasteiger partial charge in [0, 0.05) is 29.1 Å². The Morgan fingerprint density at radius 2 is 1.93 bits per heavy atom. The third-order valence-corrected chi connectivity index (χ3v) is 5.68. The number of thiazole rings is 1. The summed E-state index contributed by atoms with van der Waals surface area (Å²) in [7, 11) is 0. The second kappa shape index (κ2) is 8.72. The fourth-order valence-corrected chi connectivity index (χ4v) is 4.05. The Hall–Kier alpha value is -2.42. The van der Waals surface area contributed by atoms with Crippen LogP contribution in [0.15, 0.2) is 48.1 Å². The van der Waals surface area contributed by atoms with Gasteiger partial charge >= 0.3 is 0 Å². The van der Waals surface area contributed by atoms with Gasteiger partial charge in [0.1, 0.15) is 5.54 Å². The summed E-state index contributed by atoms with van der Waals surface area (Å²) in [6, 6.07) is 9.54. The Morgan fingerprint density at radius 1 is 1.21 bits per heavy atom. The molecule has 4 rings (SSSR count). The van der Waals surface area contributed by atoms with Gasteiger partial charge in [0.2, 0.25) is 0 Å². The van der Waals surface area contributed by atoms with E-state index in [1.54, 1.807) is 22.2 Å². The molecule has 0 radical (unpaired) electrons. The fraction of sp³-hybridized carbons (Fsp3) is 0.316. The minimum Gasteiger partial charge on any atom is -0.332 e. The Labute approximate surface area is 174 Å². The van der Waals surface area contributed by atoms with Gasteiger partial charge in [0.05, 0.1) is 5.69 Å². The van der Waals surface area contributed by atoms with E-state index in [4.69, 9.17) is 0 Å². The molecule has 7 nitrogen and oxygen atoms in total. The first-order chi connectivity index (χ1) is 13.2. The highest BCUT2D eigenvalue weighted by Crippen LogP contribution is 2.29. The predicted molar refractivity (Wildman–Crippen MR) is 115 cm³/mol. The molecule has 0 unspecified atom stereocenters. The number of piperidine rings is 1. The van der Waals surface area contributed by atoms with Gasteiger partial charge in [-0.25, -0.2) is 4.98 Å². The Balaban J connectivity index is 0.00000225. The van der Waals surface area contributed by atoms with Crippen LogP contribution in [0, 0.1) is 6.92 Å². The van der Waals surface area contributed by atoms with E-state index in [0.29, 0.717) is 12.8 Å². The van der Waals surface area contributed by atoms with E-state index in [0.717, 1.165) is 35.3 Å². The lowest BCUT2D eigenvalue weighted by Crippen LogP contribution is -2.52. The number of rotatable bonds is 5. The molecule has 1 amide bonds. The largest absolute Gasteiger partial charge is 0.332 e. The second-order valence-corrected chi connectivity index (χ2v) is 7.54. The van der Waals surface area contributed by atoms with E-state index >= 15 is 0 Å². The van der Waals surface area contributed by atoms with Crippen molar-refractivity contribution >= 4 is 46.2 Å². The molecule has 1 saturated heterocycles. The van der Waals surface area contributed by atoms with Gasteiger partial charge in [0.15, 0.2) is 5.13 Å². The minimum absolute atomic E-state index is 0. The number of nitrogens with one attached hydrogen (secondary N) is 3. The van der Waals surface area contributed by atoms with Gasteiger partial charge in [-0.05, 0) is 63.2 Å². The van der Waals surface area contributed by atoms with Gasteiger partial charge in [-0.15, -0.1) is 23.7 Å². The first-order valence-corrected chi connectivity index (χ1v) is 9.85. The third-order valence-electron chi connectivity index (χ3n) is 4.81. The quantitative estimate of drug-likeness (QED) is 0.590. The Kier molecular flexibility index (Phi) is 6.33. The van der Waals surface area contributed by atoms with Crippen LogP contribution >= 0.6 is 23.7 Å². The van der Waals surface area contributed by atoms with Crippen molar-refractivity contribution in [3.05, 3.63) is 53.8 Å². The van der Waals surface area contributed by atoms with Crippen LogP contribution in [0.3, 0.4) is 0 Å². The van der Waals surface area contributed by atoms with Crippen LogP contribution in [-0.2, 0) is 10.3 Å². The molecule has 148 valence electrons. The van der Waals surface area contributed by atoms with E-state index < -0.39 is 5.54 Å². The Bertz CT molecular complexity index is 903. The molecule has 0 saturated carbocycles. The summed E-state index contributed by atoms with van der Waals surface area (Å²) in [5.74, 6) is -0.0241. The summed E-state index contributed by atoms with van der Waals surface area (Å²) in [5, 5.41) is 16.9. The van der Waals surface area contributed by atoms with Crippen molar-refractivity contribution in [1.29, 1.82) is 0 Å². The van der Waals surface area contributed by atoms with Gasteiger partial charge in [0.25, 0.3) is 5.91 Å². The molecule has 1 aromatic carbocycles. The molecular weight excluding hydrogens is 396 g/mol. The number of hydrogen-bond acceptors (Lipinski definition) is 6. The molecule has 0 atom stereocenters. The molecule has 2 aromatic heterocycles. The van der Waals surface area contributed by atoms with Crippen molar-refractivity contribution in [3.63, 3.8) is 0 Å². The first kappa shape index (κ1) is 20.3. The zero-order valence-electron chi connectivity index (χ0n) is 15.5. The van der Waals surface area contributed by atoms with Crippen molar-refractivity contribution in [1.82, 2.24) is 20.1 Å². The summed E-state index contributed by atoms with van der Waals surface area (Å²) in [4.78, 5) is 17.5. The molecule has 9 heteroatoms. The highest BCUT2D eigenvalue weighted by Gasteiger charge is 2.42. The average molecular weight is 419 g/mol. The van der Waals surface area contributed by atoms with Crippen LogP contribution < -0.4 is 16.0 Å². The number of amides is 1. The van der Waals surface area contributed by atoms with E-state index in [-0.39, 0.29) is 18.3 Å². The molecule has 1 fully saturated rings. The number of carbonyl (C=O) groups excluding carboxylic acids is 1. The van der Waals surface area contributed by atoms with Crippen molar-refractivity contribution in [3.8, 4) is 0 Å². The normalized spacial score (nSPS) is 15.5. The highest BCUT2D eigenvalue weighted by atomic mass is 35.5. The molecule has 1 aliphatic heterocycles. The summed E-state index contributed by atoms with van der Waals surface area (Å²) in [6.07, 6.45) is 5.01. The molecule has 3 N–H and O–H groups in total. The summed E-state index contributed by atoms with van der Waals surface area (Å²) < 4.78 is 1.80. The molecule has 28 heavy (non-hydrogen) atoms. The summed E-state index contributed by atoms with van der Waals surface area (Å²) in [6.45, 7) is 3.56. The molecule has 0 bridgehead atoms. The number of aromatic nitrogens is 3. The lowest BCUT2D eigenvalue weighted by Gasteiger charge is -2.36. The lowest BCUT2D eigenvalue weighted by molar-refractivity contribution is -0.126. The monoisotopic (exact) mass is 418 g/mol. The molecule has 0 aliphatic carbocycles. The molecule has 3 aromatic rings. The van der Waals surface area contributed by atoms with E-state index in [1.165, 1.54) is 0 Å². The van der Waals surface area contributed by atoms with Crippen molar-refractivity contribution in [2.75, 3.05) is 23.7 Å². The van der Waals surface area contributed by atoms with Gasteiger partial charge in [-0.3, -0.25) is 9.48 Å². The minimum atomic E-state index is -0.649. The maximum absolute atomic E-state index is 13.1. The van der Waals surface area contributed by atoms with Crippen LogP contribution in [0.2, 0.25) is 0 Å². The van der Waals surface area contributed by atoms with Crippen LogP contribution in [0.5, 0.6) is 0 Å². The standard InChI is InChI=1S/C19H22N6OS.ClH/c1-14-13-27-18(22-14)24-16-5-3-15(4-6-16)23-17(26)19(7-10-20-11-8-19)25-12-2-9-21-25;/h2-6,9,12-13,20H,7-8,10-11H2,1H3,(H,22,24)(H,23,26);1H. The smallest absolute Gasteiger partial charge is 0.252 e. The number of aryl methyl sites for hydroxylation is 1. The van der Waals surface area contributed by atoms with Crippen LogP contribution in [0.1, 0.15) is 18.5 Å². The number of carbonyl (C=O) groups is 1.